The van der Waals surface area contributed by atoms with E-state index in [0.29, 0.717) is 24.3 Å². The van der Waals surface area contributed by atoms with Crippen molar-refractivity contribution >= 4 is 27.5 Å². The lowest BCUT2D eigenvalue weighted by Gasteiger charge is -2.32. The molecule has 16 heteroatoms. The number of nitrogens with zero attached hydrogens (tertiary/aromatic N) is 1. The number of nitrogens with one attached hydrogen (secondary N) is 2. The lowest BCUT2D eigenvalue weighted by atomic mass is 9.92. The van der Waals surface area contributed by atoms with E-state index in [1.54, 1.807) is 0 Å². The minimum Gasteiger partial charge on any atom is -0.383 e. The molecule has 0 bridgehead atoms. The molecule has 0 radical (unpaired) electrons. The van der Waals surface area contributed by atoms with E-state index >= 15 is 0 Å². The fraction of sp³-hybridized carbons (Fsp3) is 0.391. The molecule has 2 amide bonds. The predicted octanol–water partition coefficient (Wildman–Crippen LogP) is 2.70. The van der Waals surface area contributed by atoms with E-state index < -0.39 is 57.5 Å². The van der Waals surface area contributed by atoms with Crippen LogP contribution in [0.5, 0.6) is 0 Å². The van der Waals surface area contributed by atoms with Gasteiger partial charge in [0.05, 0.1) is 4.90 Å². The second kappa shape index (κ2) is 10.4. The van der Waals surface area contributed by atoms with Crippen LogP contribution < -0.4 is 10.0 Å². The van der Waals surface area contributed by atoms with Gasteiger partial charge >= 0.3 is 12.4 Å². The van der Waals surface area contributed by atoms with Crippen LogP contribution in [0.2, 0.25) is 0 Å². The summed E-state index contributed by atoms with van der Waals surface area (Å²) >= 11 is 0. The fourth-order valence-corrected chi connectivity index (χ4v) is 4.84. The summed E-state index contributed by atoms with van der Waals surface area (Å²) < 4.78 is 105. The Morgan fingerprint density at radius 1 is 1.05 bits per heavy atom. The predicted molar refractivity (Wildman–Crippen MR) is 123 cm³/mol. The van der Waals surface area contributed by atoms with E-state index in [-0.39, 0.29) is 34.7 Å². The maximum Gasteiger partial charge on any atom is 0.430 e. The number of amides is 2. The van der Waals surface area contributed by atoms with Crippen molar-refractivity contribution in [2.45, 2.75) is 54.9 Å². The Kier molecular flexibility index (Phi) is 8.09. The summed E-state index contributed by atoms with van der Waals surface area (Å²) in [6, 6.07) is 4.39. The van der Waals surface area contributed by atoms with Crippen molar-refractivity contribution < 1.29 is 54.6 Å². The Hall–Kier alpha value is -3.21. The highest BCUT2D eigenvalue weighted by Crippen LogP contribution is 2.50. The molecule has 2 aromatic rings. The molecule has 0 fully saturated rings. The number of aliphatic hydroxyl groups excluding tert-OH is 1. The van der Waals surface area contributed by atoms with Crippen LogP contribution >= 0.6 is 0 Å². The average Bonchev–Trinajstić information content (AvgIpc) is 3.25. The van der Waals surface area contributed by atoms with Gasteiger partial charge < -0.3 is 20.4 Å². The first-order chi connectivity index (χ1) is 17.9. The van der Waals surface area contributed by atoms with Crippen molar-refractivity contribution in [3.05, 3.63) is 59.2 Å². The van der Waals surface area contributed by atoms with E-state index in [1.165, 1.54) is 32.2 Å². The Balaban J connectivity index is 1.97. The van der Waals surface area contributed by atoms with E-state index in [0.717, 1.165) is 4.90 Å². The summed E-state index contributed by atoms with van der Waals surface area (Å²) in [6.45, 7) is 1.24. The minimum atomic E-state index is -6.09. The highest BCUT2D eigenvalue weighted by molar-refractivity contribution is 7.89. The Labute approximate surface area is 218 Å². The minimum absolute atomic E-state index is 0.0117. The molecule has 0 saturated carbocycles. The van der Waals surface area contributed by atoms with Crippen LogP contribution in [0.25, 0.3) is 0 Å². The van der Waals surface area contributed by atoms with Gasteiger partial charge in [0.2, 0.25) is 10.0 Å². The maximum atomic E-state index is 13.2. The summed E-state index contributed by atoms with van der Waals surface area (Å²) in [5.41, 5.74) is -6.49. The van der Waals surface area contributed by atoms with Gasteiger partial charge in [-0.15, -0.1) is 0 Å². The monoisotopic (exact) mass is 583 g/mol. The van der Waals surface area contributed by atoms with Gasteiger partial charge in [-0.2, -0.15) is 26.3 Å². The second-order valence-corrected chi connectivity index (χ2v) is 10.5. The third-order valence-electron chi connectivity index (χ3n) is 6.23. The molecule has 2 atom stereocenters. The topological polar surface area (TPSA) is 136 Å². The molecule has 214 valence electrons. The van der Waals surface area contributed by atoms with Crippen LogP contribution in [0.15, 0.2) is 47.4 Å². The van der Waals surface area contributed by atoms with E-state index in [4.69, 9.17) is 0 Å². The fourth-order valence-electron chi connectivity index (χ4n) is 4.06. The number of alkyl halides is 6. The molecule has 0 unspecified atom stereocenters. The molecular weight excluding hydrogens is 560 g/mol. The van der Waals surface area contributed by atoms with E-state index in [2.05, 4.69) is 10.0 Å². The molecule has 0 aromatic heterocycles. The Bertz CT molecular complexity index is 1350. The number of hydrogen-bond donors (Lipinski definition) is 4. The lowest BCUT2D eigenvalue weighted by Crippen LogP contribution is -2.53. The van der Waals surface area contributed by atoms with Crippen molar-refractivity contribution in [1.82, 2.24) is 9.62 Å². The van der Waals surface area contributed by atoms with Gasteiger partial charge in [-0.1, -0.05) is 25.1 Å². The normalized spacial score (nSPS) is 17.1. The van der Waals surface area contributed by atoms with Crippen LogP contribution in [0.1, 0.15) is 36.1 Å². The zero-order chi connectivity index (χ0) is 29.6. The third kappa shape index (κ3) is 5.46. The standard InChI is InChI=1S/C23H23F6N3O6S/c1-3-17(33)20(35)32-11-12-10-15(39(37,38)30-2)8-9-16(12)18(32)19(34)31-14-6-4-13(5-7-14)21(36,22(24,25)26)23(27,28)29/h4-10,17-18,30,33,36H,3,11H2,1-2H3,(H,31,34)/t17-,18+/m0/s1. The molecule has 0 saturated heterocycles. The second-order valence-electron chi connectivity index (χ2n) is 8.63. The van der Waals surface area contributed by atoms with Gasteiger partial charge in [-0.3, -0.25) is 9.59 Å². The molecule has 1 aliphatic heterocycles. The van der Waals surface area contributed by atoms with Crippen LogP contribution in [0.4, 0.5) is 32.0 Å². The van der Waals surface area contributed by atoms with Crippen LogP contribution in [-0.4, -0.2) is 60.8 Å². The van der Waals surface area contributed by atoms with E-state index in [9.17, 15) is 54.6 Å². The molecule has 3 rings (SSSR count). The first kappa shape index (κ1) is 30.3. The Morgan fingerprint density at radius 3 is 2.10 bits per heavy atom. The van der Waals surface area contributed by atoms with Gasteiger partial charge in [-0.05, 0) is 48.9 Å². The van der Waals surface area contributed by atoms with Gasteiger partial charge in [-0.25, -0.2) is 13.1 Å². The summed E-state index contributed by atoms with van der Waals surface area (Å²) in [4.78, 5) is 26.8. The van der Waals surface area contributed by atoms with Crippen LogP contribution in [0, 0.1) is 0 Å². The number of rotatable bonds is 7. The van der Waals surface area contributed by atoms with Crippen molar-refractivity contribution in [3.8, 4) is 0 Å². The summed E-state index contributed by atoms with van der Waals surface area (Å²) in [6.07, 6.45) is -13.7. The maximum absolute atomic E-state index is 13.2. The number of carbonyl (C=O) groups excluding carboxylic acids is 2. The number of benzene rings is 2. The number of fused-ring (bicyclic) bond motifs is 1. The summed E-state index contributed by atoms with van der Waals surface area (Å²) in [5.74, 6) is -1.80. The molecule has 0 aliphatic carbocycles. The highest BCUT2D eigenvalue weighted by Gasteiger charge is 2.71. The zero-order valence-corrected chi connectivity index (χ0v) is 21.1. The molecule has 1 aliphatic rings. The number of hydrogen-bond acceptors (Lipinski definition) is 6. The average molecular weight is 584 g/mol. The smallest absolute Gasteiger partial charge is 0.383 e. The summed E-state index contributed by atoms with van der Waals surface area (Å²) in [5, 5.41) is 21.9. The van der Waals surface area contributed by atoms with Gasteiger partial charge in [0.1, 0.15) is 12.1 Å². The molecular formula is C23H23F6N3O6S. The molecule has 1 heterocycles. The molecule has 9 nitrogen and oxygen atoms in total. The number of anilines is 1. The largest absolute Gasteiger partial charge is 0.430 e. The van der Waals surface area contributed by atoms with Gasteiger partial charge in [0.15, 0.2) is 0 Å². The summed E-state index contributed by atoms with van der Waals surface area (Å²) in [7, 11) is -2.70. The highest BCUT2D eigenvalue weighted by atomic mass is 32.2. The van der Waals surface area contributed by atoms with Crippen molar-refractivity contribution in [3.63, 3.8) is 0 Å². The van der Waals surface area contributed by atoms with Gasteiger partial charge in [0, 0.05) is 17.8 Å². The number of halogens is 6. The van der Waals surface area contributed by atoms with Crippen molar-refractivity contribution in [2.75, 3.05) is 12.4 Å². The molecule has 39 heavy (non-hydrogen) atoms. The lowest BCUT2D eigenvalue weighted by molar-refractivity contribution is -0.376. The first-order valence-electron chi connectivity index (χ1n) is 11.2. The third-order valence-corrected chi connectivity index (χ3v) is 7.65. The van der Waals surface area contributed by atoms with Crippen LogP contribution in [-0.2, 0) is 31.8 Å². The number of aliphatic hydroxyl groups is 2. The van der Waals surface area contributed by atoms with Gasteiger partial charge in [0.25, 0.3) is 17.4 Å². The number of sulfonamides is 1. The van der Waals surface area contributed by atoms with E-state index in [1.807, 2.05) is 0 Å². The van der Waals surface area contributed by atoms with Crippen LogP contribution in [0.3, 0.4) is 0 Å². The molecule has 0 spiro atoms. The Morgan fingerprint density at radius 2 is 1.62 bits per heavy atom. The zero-order valence-electron chi connectivity index (χ0n) is 20.3. The SMILES string of the molecule is CC[C@H](O)C(=O)N1Cc2cc(S(=O)(=O)NC)ccc2[C@@H]1C(=O)Nc1ccc(C(O)(C(F)(F)F)C(F)(F)F)cc1. The van der Waals surface area contributed by atoms with Crippen molar-refractivity contribution in [1.29, 1.82) is 0 Å². The van der Waals surface area contributed by atoms with Crippen molar-refractivity contribution in [2.24, 2.45) is 0 Å². The molecule has 2 aromatic carbocycles. The number of carbonyl (C=O) groups is 2. The quantitative estimate of drug-likeness (QED) is 0.370. The molecule has 4 N–H and O–H groups in total. The first-order valence-corrected chi connectivity index (χ1v) is 12.7.